The highest BCUT2D eigenvalue weighted by Crippen LogP contribution is 2.20. The second kappa shape index (κ2) is 7.25. The van der Waals surface area contributed by atoms with Gasteiger partial charge in [0.15, 0.2) is 0 Å². The number of benzene rings is 1. The molecule has 1 aromatic carbocycles. The minimum atomic E-state index is -0.104. The second-order valence-corrected chi connectivity index (χ2v) is 6.18. The van der Waals surface area contributed by atoms with E-state index in [1.807, 2.05) is 35.2 Å². The third-order valence-electron chi connectivity index (χ3n) is 3.87. The molecule has 4 heteroatoms. The number of amides is 2. The van der Waals surface area contributed by atoms with Crippen LogP contribution in [-0.4, -0.2) is 36.3 Å². The van der Waals surface area contributed by atoms with E-state index in [0.717, 1.165) is 18.7 Å². The van der Waals surface area contributed by atoms with Gasteiger partial charge in [-0.05, 0) is 23.8 Å². The Bertz CT molecular complexity index is 477. The summed E-state index contributed by atoms with van der Waals surface area (Å²) < 4.78 is 0. The Hall–Kier alpha value is -1.84. The summed E-state index contributed by atoms with van der Waals surface area (Å²) in [5.74, 6) is 0.998. The molecule has 0 bridgehead atoms. The number of likely N-dealkylation sites (tertiary alicyclic amines) is 1. The van der Waals surface area contributed by atoms with E-state index in [1.165, 1.54) is 6.42 Å². The van der Waals surface area contributed by atoms with Crippen LogP contribution in [-0.2, 0) is 16.0 Å². The summed E-state index contributed by atoms with van der Waals surface area (Å²) in [7, 11) is 0. The predicted octanol–water partition coefficient (Wildman–Crippen LogP) is 1.85. The van der Waals surface area contributed by atoms with Crippen molar-refractivity contribution in [3.63, 3.8) is 0 Å². The van der Waals surface area contributed by atoms with Crippen molar-refractivity contribution < 1.29 is 9.59 Å². The minimum Gasteiger partial charge on any atom is -0.347 e. The fraction of sp³-hybridized carbons (Fsp3) is 0.529. The number of carbonyl (C=O) groups excluding carboxylic acids is 2. The largest absolute Gasteiger partial charge is 0.347 e. The quantitative estimate of drug-likeness (QED) is 0.919. The molecule has 0 saturated carbocycles. The van der Waals surface area contributed by atoms with E-state index in [4.69, 9.17) is 0 Å². The molecule has 1 saturated heterocycles. The van der Waals surface area contributed by atoms with E-state index in [-0.39, 0.29) is 18.4 Å². The van der Waals surface area contributed by atoms with Crippen molar-refractivity contribution >= 4 is 11.8 Å². The molecule has 21 heavy (non-hydrogen) atoms. The zero-order chi connectivity index (χ0) is 15.2. The van der Waals surface area contributed by atoms with Crippen molar-refractivity contribution in [1.82, 2.24) is 10.2 Å². The Morgan fingerprint density at radius 3 is 2.38 bits per heavy atom. The topological polar surface area (TPSA) is 49.4 Å². The summed E-state index contributed by atoms with van der Waals surface area (Å²) in [6, 6.07) is 9.56. The molecule has 0 aromatic heterocycles. The maximum absolute atomic E-state index is 12.2. The van der Waals surface area contributed by atoms with E-state index < -0.39 is 0 Å². The van der Waals surface area contributed by atoms with Gasteiger partial charge < -0.3 is 10.2 Å². The molecule has 1 aromatic rings. The number of hydrogen-bond donors (Lipinski definition) is 1. The van der Waals surface area contributed by atoms with Crippen LogP contribution in [0.25, 0.3) is 0 Å². The molecule has 1 heterocycles. The Balaban J connectivity index is 1.77. The summed E-state index contributed by atoms with van der Waals surface area (Å²) in [5, 5.41) is 2.73. The number of piperidine rings is 1. The number of hydrogen-bond acceptors (Lipinski definition) is 2. The molecular weight excluding hydrogens is 264 g/mol. The lowest BCUT2D eigenvalue weighted by molar-refractivity contribution is -0.135. The average molecular weight is 288 g/mol. The van der Waals surface area contributed by atoms with Crippen molar-refractivity contribution in [2.24, 2.45) is 11.8 Å². The lowest BCUT2D eigenvalue weighted by Gasteiger charge is -2.35. The van der Waals surface area contributed by atoms with Gasteiger partial charge in [0, 0.05) is 13.1 Å². The maximum atomic E-state index is 12.2. The van der Waals surface area contributed by atoms with Crippen LogP contribution in [0.1, 0.15) is 25.8 Å². The van der Waals surface area contributed by atoms with Crippen molar-refractivity contribution in [3.8, 4) is 0 Å². The van der Waals surface area contributed by atoms with Gasteiger partial charge in [0.1, 0.15) is 0 Å². The van der Waals surface area contributed by atoms with Gasteiger partial charge in [-0.15, -0.1) is 0 Å². The fourth-order valence-electron chi connectivity index (χ4n) is 3.00. The molecular formula is C17H24N2O2. The fourth-order valence-corrected chi connectivity index (χ4v) is 3.00. The van der Waals surface area contributed by atoms with E-state index in [2.05, 4.69) is 19.2 Å². The molecule has 1 N–H and O–H groups in total. The summed E-state index contributed by atoms with van der Waals surface area (Å²) >= 11 is 0. The second-order valence-electron chi connectivity index (χ2n) is 6.18. The van der Waals surface area contributed by atoms with Crippen molar-refractivity contribution in [3.05, 3.63) is 35.9 Å². The maximum Gasteiger partial charge on any atom is 0.241 e. The van der Waals surface area contributed by atoms with Crippen LogP contribution in [0.4, 0.5) is 0 Å². The molecule has 0 radical (unpaired) electrons. The average Bonchev–Trinajstić information content (AvgIpc) is 2.45. The summed E-state index contributed by atoms with van der Waals surface area (Å²) in [6.07, 6.45) is 1.49. The first-order valence-corrected chi connectivity index (χ1v) is 7.63. The number of nitrogens with one attached hydrogen (secondary N) is 1. The molecule has 0 aliphatic carbocycles. The van der Waals surface area contributed by atoms with Crippen molar-refractivity contribution in [1.29, 1.82) is 0 Å². The van der Waals surface area contributed by atoms with Crippen LogP contribution >= 0.6 is 0 Å². The molecule has 2 amide bonds. The van der Waals surface area contributed by atoms with Crippen molar-refractivity contribution in [2.75, 3.05) is 19.6 Å². The summed E-state index contributed by atoms with van der Waals surface area (Å²) in [6.45, 7) is 6.05. The Morgan fingerprint density at radius 1 is 1.14 bits per heavy atom. The lowest BCUT2D eigenvalue weighted by Crippen LogP contribution is -2.47. The number of rotatable bonds is 4. The Morgan fingerprint density at radius 2 is 1.76 bits per heavy atom. The zero-order valence-electron chi connectivity index (χ0n) is 12.8. The van der Waals surface area contributed by atoms with Crippen LogP contribution in [0.15, 0.2) is 30.3 Å². The first-order chi connectivity index (χ1) is 10.0. The van der Waals surface area contributed by atoms with Crippen LogP contribution in [0.5, 0.6) is 0 Å². The Labute approximate surface area is 126 Å². The summed E-state index contributed by atoms with van der Waals surface area (Å²) in [4.78, 5) is 25.9. The van der Waals surface area contributed by atoms with Gasteiger partial charge in [-0.2, -0.15) is 0 Å². The van der Waals surface area contributed by atoms with E-state index in [1.54, 1.807) is 0 Å². The molecule has 2 atom stereocenters. The van der Waals surface area contributed by atoms with Gasteiger partial charge in [-0.1, -0.05) is 44.2 Å². The van der Waals surface area contributed by atoms with Gasteiger partial charge in [-0.25, -0.2) is 0 Å². The molecule has 114 valence electrons. The lowest BCUT2D eigenvalue weighted by atomic mass is 9.92. The Kier molecular flexibility index (Phi) is 5.37. The smallest absolute Gasteiger partial charge is 0.241 e. The predicted molar refractivity (Wildman–Crippen MR) is 82.7 cm³/mol. The normalized spacial score (nSPS) is 21.9. The van der Waals surface area contributed by atoms with E-state index in [9.17, 15) is 9.59 Å². The molecule has 1 fully saturated rings. The van der Waals surface area contributed by atoms with Crippen LogP contribution in [0.2, 0.25) is 0 Å². The molecule has 0 unspecified atom stereocenters. The van der Waals surface area contributed by atoms with Crippen LogP contribution < -0.4 is 5.32 Å². The third-order valence-corrected chi connectivity index (χ3v) is 3.87. The highest BCUT2D eigenvalue weighted by Gasteiger charge is 2.25. The first kappa shape index (κ1) is 15.5. The van der Waals surface area contributed by atoms with Crippen LogP contribution in [0.3, 0.4) is 0 Å². The van der Waals surface area contributed by atoms with Gasteiger partial charge in [0.2, 0.25) is 11.8 Å². The van der Waals surface area contributed by atoms with E-state index >= 15 is 0 Å². The standard InChI is InChI=1S/C17H24N2O2/c1-13-8-14(2)12-19(11-13)17(21)10-18-16(20)9-15-6-4-3-5-7-15/h3-7,13-14H,8-12H2,1-2H3,(H,18,20)/t13-,14-/m1/s1. The molecule has 1 aliphatic heterocycles. The molecule has 4 nitrogen and oxygen atoms in total. The highest BCUT2D eigenvalue weighted by molar-refractivity contribution is 5.85. The van der Waals surface area contributed by atoms with Gasteiger partial charge >= 0.3 is 0 Å². The molecule has 0 spiro atoms. The number of carbonyl (C=O) groups is 2. The summed E-state index contributed by atoms with van der Waals surface area (Å²) in [5.41, 5.74) is 0.961. The van der Waals surface area contributed by atoms with Gasteiger partial charge in [0.05, 0.1) is 13.0 Å². The first-order valence-electron chi connectivity index (χ1n) is 7.63. The minimum absolute atomic E-state index is 0.0230. The van der Waals surface area contributed by atoms with Crippen LogP contribution in [0, 0.1) is 11.8 Å². The van der Waals surface area contributed by atoms with Crippen molar-refractivity contribution in [2.45, 2.75) is 26.7 Å². The zero-order valence-corrected chi connectivity index (χ0v) is 12.8. The molecule has 1 aliphatic rings. The third kappa shape index (κ3) is 4.88. The van der Waals surface area contributed by atoms with Gasteiger partial charge in [0.25, 0.3) is 0 Å². The monoisotopic (exact) mass is 288 g/mol. The SMILES string of the molecule is C[C@@H]1C[C@@H](C)CN(C(=O)CNC(=O)Cc2ccccc2)C1. The highest BCUT2D eigenvalue weighted by atomic mass is 16.2. The van der Waals surface area contributed by atoms with Gasteiger partial charge in [-0.3, -0.25) is 9.59 Å². The van der Waals surface area contributed by atoms with E-state index in [0.29, 0.717) is 18.3 Å². The number of nitrogens with zero attached hydrogens (tertiary/aromatic N) is 1. The molecule has 2 rings (SSSR count).